The number of nitrogens with one attached hydrogen (secondary N) is 1. The van der Waals surface area contributed by atoms with Crippen molar-refractivity contribution in [2.24, 2.45) is 0 Å². The summed E-state index contributed by atoms with van der Waals surface area (Å²) in [6.45, 7) is 1.38. The predicted molar refractivity (Wildman–Crippen MR) is 116 cm³/mol. The normalized spacial score (nSPS) is 14.0. The number of aromatic amines is 1. The number of nitro benzene ring substituents is 1. The molecule has 1 amide bonds. The van der Waals surface area contributed by atoms with Gasteiger partial charge in [-0.05, 0) is 36.8 Å². The fourth-order valence-corrected chi connectivity index (χ4v) is 3.69. The van der Waals surface area contributed by atoms with Gasteiger partial charge in [-0.2, -0.15) is 5.10 Å². The number of ether oxygens (including phenoxy) is 2. The molecule has 1 aliphatic heterocycles. The zero-order valence-corrected chi connectivity index (χ0v) is 17.0. The van der Waals surface area contributed by atoms with Gasteiger partial charge in [-0.25, -0.2) is 0 Å². The van der Waals surface area contributed by atoms with Gasteiger partial charge in [0.25, 0.3) is 0 Å². The number of rotatable bonds is 8. The van der Waals surface area contributed by atoms with E-state index in [2.05, 4.69) is 10.2 Å². The highest BCUT2D eigenvalue weighted by Gasteiger charge is 2.25. The van der Waals surface area contributed by atoms with Gasteiger partial charge in [-0.3, -0.25) is 20.0 Å². The van der Waals surface area contributed by atoms with Crippen LogP contribution in [0.25, 0.3) is 23.1 Å². The molecule has 1 aliphatic rings. The average molecular weight is 422 g/mol. The molecule has 160 valence electrons. The van der Waals surface area contributed by atoms with Gasteiger partial charge in [0.15, 0.2) is 5.75 Å². The number of aromatic nitrogens is 2. The summed E-state index contributed by atoms with van der Waals surface area (Å²) in [6.07, 6.45) is 4.76. The van der Waals surface area contributed by atoms with Crippen LogP contribution in [0.1, 0.15) is 24.1 Å². The van der Waals surface area contributed by atoms with Crippen LogP contribution in [0.15, 0.2) is 36.4 Å². The molecule has 0 spiro atoms. The number of hydrogen-bond acceptors (Lipinski definition) is 6. The number of methoxy groups -OCH3 is 1. The van der Waals surface area contributed by atoms with E-state index < -0.39 is 4.92 Å². The van der Waals surface area contributed by atoms with Crippen LogP contribution in [0.4, 0.5) is 5.69 Å². The summed E-state index contributed by atoms with van der Waals surface area (Å²) in [4.78, 5) is 24.8. The number of hydrogen-bond donors (Lipinski definition) is 1. The Labute approximate surface area is 178 Å². The summed E-state index contributed by atoms with van der Waals surface area (Å²) in [5.74, 6) is 0.419. The topological polar surface area (TPSA) is 111 Å². The van der Waals surface area contributed by atoms with Crippen LogP contribution in [-0.2, 0) is 4.79 Å². The monoisotopic (exact) mass is 422 g/mol. The minimum Gasteiger partial charge on any atom is -0.488 e. The Hall–Kier alpha value is -3.88. The fraction of sp³-hybridized carbons (Fsp3) is 0.273. The van der Waals surface area contributed by atoms with Crippen LogP contribution >= 0.6 is 0 Å². The number of benzene rings is 2. The van der Waals surface area contributed by atoms with Gasteiger partial charge in [0.2, 0.25) is 11.7 Å². The molecule has 1 aromatic heterocycles. The lowest BCUT2D eigenvalue weighted by atomic mass is 10.1. The molecule has 0 atom stereocenters. The molecule has 0 saturated carbocycles. The van der Waals surface area contributed by atoms with Crippen molar-refractivity contribution >= 4 is 34.6 Å². The molecule has 9 heteroatoms. The highest BCUT2D eigenvalue weighted by molar-refractivity contribution is 5.90. The molecule has 0 aliphatic carbocycles. The first-order valence-corrected chi connectivity index (χ1v) is 9.95. The Morgan fingerprint density at radius 3 is 2.84 bits per heavy atom. The van der Waals surface area contributed by atoms with Gasteiger partial charge in [0, 0.05) is 18.4 Å². The van der Waals surface area contributed by atoms with Crippen molar-refractivity contribution in [1.29, 1.82) is 0 Å². The lowest BCUT2D eigenvalue weighted by molar-refractivity contribution is -0.386. The van der Waals surface area contributed by atoms with E-state index in [-0.39, 0.29) is 29.7 Å². The van der Waals surface area contributed by atoms with E-state index in [1.165, 1.54) is 7.11 Å². The van der Waals surface area contributed by atoms with Gasteiger partial charge in [0.05, 0.1) is 35.4 Å². The Kier molecular flexibility index (Phi) is 5.83. The molecule has 2 aromatic carbocycles. The van der Waals surface area contributed by atoms with E-state index in [1.807, 2.05) is 24.3 Å². The van der Waals surface area contributed by atoms with Crippen LogP contribution in [0, 0.1) is 10.1 Å². The van der Waals surface area contributed by atoms with Crippen molar-refractivity contribution in [3.05, 3.63) is 57.8 Å². The van der Waals surface area contributed by atoms with E-state index in [9.17, 15) is 14.9 Å². The summed E-state index contributed by atoms with van der Waals surface area (Å²) in [5.41, 5.74) is 1.75. The molecule has 0 unspecified atom stereocenters. The first kappa shape index (κ1) is 20.4. The van der Waals surface area contributed by atoms with Crippen molar-refractivity contribution in [3.63, 3.8) is 0 Å². The number of para-hydroxylation sites is 1. The van der Waals surface area contributed by atoms with E-state index in [0.717, 1.165) is 17.3 Å². The van der Waals surface area contributed by atoms with E-state index in [4.69, 9.17) is 9.47 Å². The number of amides is 1. The molecule has 0 radical (unpaired) electrons. The molecular weight excluding hydrogens is 400 g/mol. The third-order valence-electron chi connectivity index (χ3n) is 5.22. The number of likely N-dealkylation sites (tertiary alicyclic amines) is 1. The first-order chi connectivity index (χ1) is 15.1. The van der Waals surface area contributed by atoms with Gasteiger partial charge in [-0.1, -0.05) is 18.2 Å². The molecule has 1 fully saturated rings. The largest absolute Gasteiger partial charge is 0.488 e. The lowest BCUT2D eigenvalue weighted by Crippen LogP contribution is -2.29. The SMILES string of the molecule is COc1c(OCCN2CCCC2=O)ccc(/C=C/c2n[nH]c3ccccc23)c1[N+](=O)[O-]. The first-order valence-electron chi connectivity index (χ1n) is 9.95. The summed E-state index contributed by atoms with van der Waals surface area (Å²) in [6, 6.07) is 10.9. The number of nitro groups is 1. The number of carbonyl (C=O) groups excluding carboxylic acids is 1. The van der Waals surface area contributed by atoms with Gasteiger partial charge < -0.3 is 14.4 Å². The van der Waals surface area contributed by atoms with Crippen LogP contribution in [0.2, 0.25) is 0 Å². The second-order valence-corrected chi connectivity index (χ2v) is 7.11. The standard InChI is InChI=1S/C22H22N4O5/c1-30-22-19(31-14-13-25-12-4-7-20(25)27)11-9-15(21(22)26(28)29)8-10-18-16-5-2-3-6-17(16)23-24-18/h2-3,5-6,8-11H,4,7,12-14H2,1H3,(H,23,24)/b10-8+. The Morgan fingerprint density at radius 1 is 1.26 bits per heavy atom. The average Bonchev–Trinajstić information content (AvgIpc) is 3.38. The number of H-pyrrole nitrogens is 1. The molecule has 1 N–H and O–H groups in total. The number of fused-ring (bicyclic) bond motifs is 1. The van der Waals surface area contributed by atoms with Crippen molar-refractivity contribution in [2.75, 3.05) is 26.8 Å². The molecule has 9 nitrogen and oxygen atoms in total. The zero-order valence-electron chi connectivity index (χ0n) is 17.0. The quantitative estimate of drug-likeness (QED) is 0.438. The minimum atomic E-state index is -0.488. The summed E-state index contributed by atoms with van der Waals surface area (Å²) in [5, 5.41) is 19.9. The van der Waals surface area contributed by atoms with Gasteiger partial charge in [-0.15, -0.1) is 0 Å². The van der Waals surface area contributed by atoms with Gasteiger partial charge >= 0.3 is 5.69 Å². The molecule has 31 heavy (non-hydrogen) atoms. The number of nitrogens with zero attached hydrogens (tertiary/aromatic N) is 3. The highest BCUT2D eigenvalue weighted by atomic mass is 16.6. The van der Waals surface area contributed by atoms with Crippen LogP contribution in [-0.4, -0.2) is 52.7 Å². The lowest BCUT2D eigenvalue weighted by Gasteiger charge is -2.17. The van der Waals surface area contributed by atoms with Crippen molar-refractivity contribution in [1.82, 2.24) is 15.1 Å². The molecule has 4 rings (SSSR count). The minimum absolute atomic E-state index is 0.0479. The third-order valence-corrected chi connectivity index (χ3v) is 5.22. The highest BCUT2D eigenvalue weighted by Crippen LogP contribution is 2.40. The maximum absolute atomic E-state index is 11.8. The second kappa shape index (κ2) is 8.86. The van der Waals surface area contributed by atoms with Crippen LogP contribution in [0.5, 0.6) is 11.5 Å². The Balaban J connectivity index is 1.58. The number of carbonyl (C=O) groups is 1. The molecule has 0 bridgehead atoms. The Bertz CT molecular complexity index is 1150. The Morgan fingerprint density at radius 2 is 2.10 bits per heavy atom. The zero-order chi connectivity index (χ0) is 21.8. The molecular formula is C22H22N4O5. The summed E-state index contributed by atoms with van der Waals surface area (Å²) in [7, 11) is 1.37. The maximum atomic E-state index is 11.8. The second-order valence-electron chi connectivity index (χ2n) is 7.11. The van der Waals surface area contributed by atoms with Crippen LogP contribution < -0.4 is 9.47 Å². The maximum Gasteiger partial charge on any atom is 0.322 e. The van der Waals surface area contributed by atoms with Crippen molar-refractivity contribution in [3.8, 4) is 11.5 Å². The smallest absolute Gasteiger partial charge is 0.322 e. The van der Waals surface area contributed by atoms with E-state index >= 15 is 0 Å². The molecule has 1 saturated heterocycles. The third kappa shape index (κ3) is 4.20. The summed E-state index contributed by atoms with van der Waals surface area (Å²) < 4.78 is 11.1. The van der Waals surface area contributed by atoms with E-state index in [0.29, 0.717) is 30.8 Å². The van der Waals surface area contributed by atoms with Gasteiger partial charge in [0.1, 0.15) is 6.61 Å². The van der Waals surface area contributed by atoms with Crippen molar-refractivity contribution in [2.45, 2.75) is 12.8 Å². The molecule has 3 aromatic rings. The van der Waals surface area contributed by atoms with Crippen LogP contribution in [0.3, 0.4) is 0 Å². The van der Waals surface area contributed by atoms with Crippen molar-refractivity contribution < 1.29 is 19.2 Å². The molecule has 2 heterocycles. The van der Waals surface area contributed by atoms with E-state index in [1.54, 1.807) is 29.2 Å². The predicted octanol–water partition coefficient (Wildman–Crippen LogP) is 3.65. The summed E-state index contributed by atoms with van der Waals surface area (Å²) >= 11 is 0. The fourth-order valence-electron chi connectivity index (χ4n) is 3.69.